The van der Waals surface area contributed by atoms with Crippen molar-refractivity contribution in [2.24, 2.45) is 0 Å². The molecule has 2 N–H and O–H groups in total. The molecular formula is C14H20N2O2. The summed E-state index contributed by atoms with van der Waals surface area (Å²) in [6.07, 6.45) is 7.74. The average molecular weight is 248 g/mol. The van der Waals surface area contributed by atoms with Gasteiger partial charge in [0.15, 0.2) is 0 Å². The lowest BCUT2D eigenvalue weighted by Crippen LogP contribution is -2.41. The molecule has 1 aromatic heterocycles. The van der Waals surface area contributed by atoms with Gasteiger partial charge in [-0.25, -0.2) is 0 Å². The molecule has 0 radical (unpaired) electrons. The van der Waals surface area contributed by atoms with Gasteiger partial charge in [0.1, 0.15) is 0 Å². The number of amides is 1. The van der Waals surface area contributed by atoms with Crippen LogP contribution in [0, 0.1) is 0 Å². The van der Waals surface area contributed by atoms with Gasteiger partial charge in [0.05, 0.1) is 5.60 Å². The van der Waals surface area contributed by atoms with Crippen LogP contribution in [0.2, 0.25) is 0 Å². The molecule has 0 saturated carbocycles. The highest BCUT2D eigenvalue weighted by molar-refractivity contribution is 5.91. The van der Waals surface area contributed by atoms with E-state index in [0.717, 1.165) is 5.56 Å². The molecule has 0 aliphatic rings. The van der Waals surface area contributed by atoms with E-state index in [1.54, 1.807) is 18.5 Å². The number of nitrogens with one attached hydrogen (secondary N) is 1. The highest BCUT2D eigenvalue weighted by Crippen LogP contribution is 2.12. The maximum atomic E-state index is 11.6. The lowest BCUT2D eigenvalue weighted by Gasteiger charge is -2.24. The van der Waals surface area contributed by atoms with Crippen molar-refractivity contribution in [3.63, 3.8) is 0 Å². The zero-order valence-electron chi connectivity index (χ0n) is 10.9. The van der Waals surface area contributed by atoms with Gasteiger partial charge >= 0.3 is 0 Å². The van der Waals surface area contributed by atoms with Crippen LogP contribution in [0.4, 0.5) is 0 Å². The molecule has 0 bridgehead atoms. The third kappa shape index (κ3) is 4.67. The minimum absolute atomic E-state index is 0.209. The molecule has 0 aliphatic carbocycles. The molecule has 0 spiro atoms. The minimum Gasteiger partial charge on any atom is -0.388 e. The Morgan fingerprint density at radius 1 is 1.50 bits per heavy atom. The van der Waals surface area contributed by atoms with Crippen molar-refractivity contribution in [2.75, 3.05) is 6.54 Å². The van der Waals surface area contributed by atoms with Crippen LogP contribution in [0.1, 0.15) is 32.3 Å². The molecule has 18 heavy (non-hydrogen) atoms. The van der Waals surface area contributed by atoms with E-state index in [4.69, 9.17) is 0 Å². The van der Waals surface area contributed by atoms with Gasteiger partial charge in [-0.3, -0.25) is 9.78 Å². The predicted octanol–water partition coefficient (Wildman–Crippen LogP) is 1.76. The first-order valence-electron chi connectivity index (χ1n) is 6.18. The van der Waals surface area contributed by atoms with Gasteiger partial charge in [-0.2, -0.15) is 0 Å². The smallest absolute Gasteiger partial charge is 0.244 e. The van der Waals surface area contributed by atoms with Crippen LogP contribution >= 0.6 is 0 Å². The van der Waals surface area contributed by atoms with Crippen molar-refractivity contribution in [3.8, 4) is 0 Å². The molecule has 1 amide bonds. The van der Waals surface area contributed by atoms with Crippen LogP contribution in [0.15, 0.2) is 30.6 Å². The molecule has 4 heteroatoms. The summed E-state index contributed by atoms with van der Waals surface area (Å²) in [7, 11) is 0. The van der Waals surface area contributed by atoms with Gasteiger partial charge in [0.2, 0.25) is 5.91 Å². The number of aromatic nitrogens is 1. The van der Waals surface area contributed by atoms with Gasteiger partial charge in [0, 0.05) is 25.0 Å². The number of carbonyl (C=O) groups is 1. The number of hydrogen-bond donors (Lipinski definition) is 2. The van der Waals surface area contributed by atoms with E-state index in [0.29, 0.717) is 12.8 Å². The fourth-order valence-corrected chi connectivity index (χ4v) is 1.46. The topological polar surface area (TPSA) is 62.2 Å². The molecule has 0 atom stereocenters. The first-order chi connectivity index (χ1) is 8.59. The maximum Gasteiger partial charge on any atom is 0.244 e. The third-order valence-electron chi connectivity index (χ3n) is 3.02. The Morgan fingerprint density at radius 3 is 2.78 bits per heavy atom. The second kappa shape index (κ2) is 6.91. The fourth-order valence-electron chi connectivity index (χ4n) is 1.46. The van der Waals surface area contributed by atoms with E-state index >= 15 is 0 Å². The normalized spacial score (nSPS) is 11.7. The molecule has 1 aromatic rings. The molecule has 0 aromatic carbocycles. The Morgan fingerprint density at radius 2 is 2.22 bits per heavy atom. The molecule has 0 aliphatic heterocycles. The zero-order chi connectivity index (χ0) is 13.4. The summed E-state index contributed by atoms with van der Waals surface area (Å²) in [5, 5.41) is 12.7. The van der Waals surface area contributed by atoms with E-state index in [2.05, 4.69) is 10.3 Å². The summed E-state index contributed by atoms with van der Waals surface area (Å²) in [5.41, 5.74) is 0.0616. The lowest BCUT2D eigenvalue weighted by molar-refractivity contribution is -0.117. The first kappa shape index (κ1) is 14.4. The summed E-state index contributed by atoms with van der Waals surface area (Å²) in [6.45, 7) is 4.08. The molecule has 0 fully saturated rings. The number of hydrogen-bond acceptors (Lipinski definition) is 3. The van der Waals surface area contributed by atoms with Crippen LogP contribution < -0.4 is 5.32 Å². The zero-order valence-corrected chi connectivity index (χ0v) is 10.9. The minimum atomic E-state index is -0.808. The Bertz CT molecular complexity index is 398. The Labute approximate surface area is 108 Å². The van der Waals surface area contributed by atoms with Crippen LogP contribution in [0.3, 0.4) is 0 Å². The summed E-state index contributed by atoms with van der Waals surface area (Å²) in [6, 6.07) is 3.68. The van der Waals surface area contributed by atoms with E-state index in [1.165, 1.54) is 6.08 Å². The van der Waals surface area contributed by atoms with Crippen LogP contribution in [-0.2, 0) is 4.79 Å². The summed E-state index contributed by atoms with van der Waals surface area (Å²) in [4.78, 5) is 15.5. The monoisotopic (exact) mass is 248 g/mol. The standard InChI is InChI=1S/C14H20N2O2/c1-3-14(18,4-2)11-16-13(17)8-7-12-6-5-9-15-10-12/h5-10,18H,3-4,11H2,1-2H3,(H,16,17). The summed E-state index contributed by atoms with van der Waals surface area (Å²) < 4.78 is 0. The number of aliphatic hydroxyl groups is 1. The van der Waals surface area contributed by atoms with E-state index in [9.17, 15) is 9.90 Å². The van der Waals surface area contributed by atoms with Gasteiger partial charge in [0.25, 0.3) is 0 Å². The molecule has 1 heterocycles. The highest BCUT2D eigenvalue weighted by atomic mass is 16.3. The molecule has 4 nitrogen and oxygen atoms in total. The summed E-state index contributed by atoms with van der Waals surface area (Å²) >= 11 is 0. The number of pyridine rings is 1. The van der Waals surface area contributed by atoms with Crippen LogP contribution in [0.25, 0.3) is 6.08 Å². The molecule has 98 valence electrons. The van der Waals surface area contributed by atoms with E-state index in [1.807, 2.05) is 26.0 Å². The van der Waals surface area contributed by atoms with E-state index < -0.39 is 5.60 Å². The SMILES string of the molecule is CCC(O)(CC)CNC(=O)C=Cc1cccnc1. The van der Waals surface area contributed by atoms with Crippen molar-refractivity contribution in [2.45, 2.75) is 32.3 Å². The van der Waals surface area contributed by atoms with Gasteiger partial charge in [-0.1, -0.05) is 19.9 Å². The Balaban J connectivity index is 2.45. The largest absolute Gasteiger partial charge is 0.388 e. The Hall–Kier alpha value is -1.68. The van der Waals surface area contributed by atoms with Crippen molar-refractivity contribution in [1.82, 2.24) is 10.3 Å². The highest BCUT2D eigenvalue weighted by Gasteiger charge is 2.22. The maximum absolute atomic E-state index is 11.6. The Kier molecular flexibility index (Phi) is 5.52. The number of carbonyl (C=O) groups excluding carboxylic acids is 1. The summed E-state index contributed by atoms with van der Waals surface area (Å²) in [5.74, 6) is -0.209. The fraction of sp³-hybridized carbons (Fsp3) is 0.429. The molecule has 0 saturated heterocycles. The molecular weight excluding hydrogens is 228 g/mol. The predicted molar refractivity (Wildman–Crippen MR) is 71.8 cm³/mol. The van der Waals surface area contributed by atoms with Crippen molar-refractivity contribution in [3.05, 3.63) is 36.2 Å². The average Bonchev–Trinajstić information content (AvgIpc) is 2.43. The third-order valence-corrected chi connectivity index (χ3v) is 3.02. The number of rotatable bonds is 6. The van der Waals surface area contributed by atoms with Gasteiger partial charge in [-0.05, 0) is 30.5 Å². The van der Waals surface area contributed by atoms with E-state index in [-0.39, 0.29) is 12.5 Å². The van der Waals surface area contributed by atoms with Gasteiger partial charge in [-0.15, -0.1) is 0 Å². The van der Waals surface area contributed by atoms with Crippen LogP contribution in [-0.4, -0.2) is 28.1 Å². The van der Waals surface area contributed by atoms with Crippen molar-refractivity contribution >= 4 is 12.0 Å². The molecule has 1 rings (SSSR count). The first-order valence-corrected chi connectivity index (χ1v) is 6.18. The quantitative estimate of drug-likeness (QED) is 0.754. The number of nitrogens with zero attached hydrogens (tertiary/aromatic N) is 1. The second-order valence-electron chi connectivity index (χ2n) is 4.27. The van der Waals surface area contributed by atoms with Gasteiger partial charge < -0.3 is 10.4 Å². The lowest BCUT2D eigenvalue weighted by atomic mass is 9.98. The molecule has 0 unspecified atom stereocenters. The van der Waals surface area contributed by atoms with Crippen molar-refractivity contribution in [1.29, 1.82) is 0 Å². The van der Waals surface area contributed by atoms with Crippen molar-refractivity contribution < 1.29 is 9.90 Å². The second-order valence-corrected chi connectivity index (χ2v) is 4.27. The van der Waals surface area contributed by atoms with Crippen LogP contribution in [0.5, 0.6) is 0 Å².